The van der Waals surface area contributed by atoms with Crippen molar-refractivity contribution in [1.29, 1.82) is 0 Å². The summed E-state index contributed by atoms with van der Waals surface area (Å²) in [6, 6.07) is 1.34. The monoisotopic (exact) mass is 425 g/mol. The highest BCUT2D eigenvalue weighted by Gasteiger charge is 2.40. The topological polar surface area (TPSA) is 118 Å². The van der Waals surface area contributed by atoms with Gasteiger partial charge >= 0.3 is 15.1 Å². The average molecular weight is 425 g/mol. The maximum absolute atomic E-state index is 14.5. The van der Waals surface area contributed by atoms with Crippen LogP contribution in [0.3, 0.4) is 0 Å². The lowest BCUT2D eigenvalue weighted by Gasteiger charge is -2.25. The van der Waals surface area contributed by atoms with Gasteiger partial charge in [0, 0.05) is 6.04 Å². The number of hydrogen-bond acceptors (Lipinski definition) is 7. The van der Waals surface area contributed by atoms with Gasteiger partial charge in [-0.25, -0.2) is 26.2 Å². The molecule has 0 amide bonds. The Morgan fingerprint density at radius 1 is 1.15 bits per heavy atom. The minimum atomic E-state index is -4.95. The Labute approximate surface area is 154 Å². The van der Waals surface area contributed by atoms with Crippen LogP contribution in [0, 0.1) is 17.6 Å². The summed E-state index contributed by atoms with van der Waals surface area (Å²) in [6.45, 7) is -0.821. The Hall–Kier alpha value is -1.79. The fourth-order valence-electron chi connectivity index (χ4n) is 2.57. The lowest BCUT2D eigenvalue weighted by molar-refractivity contribution is 0.0686. The summed E-state index contributed by atoms with van der Waals surface area (Å²) in [5, 5.41) is 8.96. The molecule has 2 fully saturated rings. The van der Waals surface area contributed by atoms with Crippen molar-refractivity contribution < 1.29 is 39.7 Å². The minimum Gasteiger partial charge on any atom is -0.477 e. The van der Waals surface area contributed by atoms with Crippen molar-refractivity contribution in [2.75, 3.05) is 17.4 Å². The second-order valence-corrected chi connectivity index (χ2v) is 11.8. The summed E-state index contributed by atoms with van der Waals surface area (Å²) in [6.07, 6.45) is 2.33. The van der Waals surface area contributed by atoms with Crippen LogP contribution in [0.5, 0.6) is 0 Å². The van der Waals surface area contributed by atoms with E-state index in [0.717, 1.165) is 17.0 Å². The second kappa shape index (κ2) is 6.99. The standard InChI is InChI=1S/C15H17F2NO7S2/c16-11-5-6-12(14(17)13(11)15(19)20)18(10-3-4-10)8-25-27(23,24)26(21,22)7-9-1-2-9/h5-6,9-10H,1-4,7-8H2,(H,19,20). The van der Waals surface area contributed by atoms with E-state index in [2.05, 4.69) is 4.18 Å². The van der Waals surface area contributed by atoms with E-state index in [1.54, 1.807) is 0 Å². The zero-order chi connectivity index (χ0) is 20.0. The average Bonchev–Trinajstić information content (AvgIpc) is 3.43. The van der Waals surface area contributed by atoms with Crippen molar-refractivity contribution in [3.05, 3.63) is 29.3 Å². The number of carbonyl (C=O) groups is 1. The minimum absolute atomic E-state index is 0.208. The second-order valence-electron chi connectivity index (χ2n) is 6.58. The van der Waals surface area contributed by atoms with Gasteiger partial charge in [-0.1, -0.05) is 0 Å². The van der Waals surface area contributed by atoms with Crippen molar-refractivity contribution >= 4 is 29.7 Å². The van der Waals surface area contributed by atoms with Gasteiger partial charge in [0.25, 0.3) is 8.87 Å². The number of anilines is 1. The highest BCUT2D eigenvalue weighted by Crippen LogP contribution is 2.35. The number of halogens is 2. The molecule has 0 unspecified atom stereocenters. The number of carboxylic acid groups (broad SMARTS) is 1. The van der Waals surface area contributed by atoms with Gasteiger partial charge in [-0.05, 0) is 43.7 Å². The summed E-state index contributed by atoms with van der Waals surface area (Å²) in [4.78, 5) is 12.1. The molecule has 3 rings (SSSR count). The van der Waals surface area contributed by atoms with Crippen LogP contribution in [0.1, 0.15) is 36.0 Å². The van der Waals surface area contributed by atoms with E-state index in [-0.39, 0.29) is 17.6 Å². The third-order valence-corrected chi connectivity index (χ3v) is 8.82. The largest absolute Gasteiger partial charge is 0.477 e. The maximum atomic E-state index is 14.5. The van der Waals surface area contributed by atoms with Crippen LogP contribution in [-0.4, -0.2) is 46.4 Å². The molecule has 150 valence electrons. The molecule has 0 aliphatic heterocycles. The number of benzene rings is 1. The molecule has 0 spiro atoms. The van der Waals surface area contributed by atoms with Gasteiger partial charge in [-0.15, -0.1) is 0 Å². The molecule has 0 saturated heterocycles. The van der Waals surface area contributed by atoms with Crippen molar-refractivity contribution in [3.63, 3.8) is 0 Å². The normalized spacial score (nSPS) is 17.7. The molecule has 2 aliphatic carbocycles. The molecule has 0 bridgehead atoms. The van der Waals surface area contributed by atoms with Gasteiger partial charge in [0.15, 0.2) is 5.82 Å². The SMILES string of the molecule is O=C(O)c1c(F)ccc(N(COS(=O)(=O)S(=O)(=O)CC2CC2)C2CC2)c1F. The smallest absolute Gasteiger partial charge is 0.376 e. The molecular formula is C15H17F2NO7S2. The summed E-state index contributed by atoms with van der Waals surface area (Å²) >= 11 is 0. The predicted molar refractivity (Wildman–Crippen MR) is 90.2 cm³/mol. The van der Waals surface area contributed by atoms with Crippen molar-refractivity contribution in [2.45, 2.75) is 31.7 Å². The molecule has 0 heterocycles. The van der Waals surface area contributed by atoms with E-state index >= 15 is 0 Å². The lowest BCUT2D eigenvalue weighted by Crippen LogP contribution is -2.33. The molecule has 1 aromatic carbocycles. The van der Waals surface area contributed by atoms with Crippen LogP contribution >= 0.6 is 0 Å². The summed E-state index contributed by atoms with van der Waals surface area (Å²) in [5.41, 5.74) is -1.55. The Morgan fingerprint density at radius 3 is 2.30 bits per heavy atom. The van der Waals surface area contributed by atoms with E-state index in [4.69, 9.17) is 5.11 Å². The number of carboxylic acids is 1. The Balaban J connectivity index is 1.84. The first-order chi connectivity index (χ1) is 12.5. The van der Waals surface area contributed by atoms with Crippen LogP contribution in [0.4, 0.5) is 14.5 Å². The fourth-order valence-corrected chi connectivity index (χ4v) is 5.68. The van der Waals surface area contributed by atoms with Gasteiger partial charge in [0.1, 0.15) is 18.1 Å². The molecule has 27 heavy (non-hydrogen) atoms. The summed E-state index contributed by atoms with van der Waals surface area (Å²) in [5.74, 6) is -5.22. The highest BCUT2D eigenvalue weighted by molar-refractivity contribution is 8.65. The molecule has 2 aliphatic rings. The third-order valence-electron chi connectivity index (χ3n) is 4.37. The third kappa shape index (κ3) is 4.22. The Morgan fingerprint density at radius 2 is 1.78 bits per heavy atom. The number of rotatable bonds is 9. The van der Waals surface area contributed by atoms with Crippen LogP contribution < -0.4 is 4.90 Å². The molecule has 0 radical (unpaired) electrons. The van der Waals surface area contributed by atoms with Gasteiger partial charge in [0.2, 0.25) is 0 Å². The molecule has 0 atom stereocenters. The summed E-state index contributed by atoms with van der Waals surface area (Å²) in [7, 11) is -9.50. The van der Waals surface area contributed by atoms with Crippen LogP contribution in [0.2, 0.25) is 0 Å². The molecule has 2 saturated carbocycles. The zero-order valence-electron chi connectivity index (χ0n) is 14.0. The van der Waals surface area contributed by atoms with E-state index in [0.29, 0.717) is 25.7 Å². The number of nitrogens with zero attached hydrogens (tertiary/aromatic N) is 1. The first-order valence-electron chi connectivity index (χ1n) is 8.13. The first kappa shape index (κ1) is 20.0. The molecule has 12 heteroatoms. The van der Waals surface area contributed by atoms with Gasteiger partial charge in [-0.2, -0.15) is 8.42 Å². The fraction of sp³-hybridized carbons (Fsp3) is 0.533. The van der Waals surface area contributed by atoms with Crippen molar-refractivity contribution in [1.82, 2.24) is 0 Å². The Bertz CT molecular complexity index is 970. The van der Waals surface area contributed by atoms with Crippen LogP contribution in [0.25, 0.3) is 0 Å². The van der Waals surface area contributed by atoms with Crippen molar-refractivity contribution in [2.24, 2.45) is 5.92 Å². The van der Waals surface area contributed by atoms with Gasteiger partial charge < -0.3 is 10.0 Å². The van der Waals surface area contributed by atoms with E-state index in [9.17, 15) is 30.4 Å². The van der Waals surface area contributed by atoms with E-state index < -0.39 is 53.7 Å². The summed E-state index contributed by atoms with van der Waals surface area (Å²) < 4.78 is 80.6. The highest BCUT2D eigenvalue weighted by atomic mass is 33.2. The number of hydrogen-bond donors (Lipinski definition) is 1. The lowest BCUT2D eigenvalue weighted by atomic mass is 10.1. The molecular weight excluding hydrogens is 408 g/mol. The van der Waals surface area contributed by atoms with E-state index in [1.165, 1.54) is 0 Å². The maximum Gasteiger partial charge on any atom is 0.376 e. The van der Waals surface area contributed by atoms with E-state index in [1.807, 2.05) is 0 Å². The molecule has 1 N–H and O–H groups in total. The first-order valence-corrected chi connectivity index (χ1v) is 11.7. The zero-order valence-corrected chi connectivity index (χ0v) is 15.6. The number of aromatic carboxylic acids is 1. The quantitative estimate of drug-likeness (QED) is 0.469. The molecule has 8 nitrogen and oxygen atoms in total. The van der Waals surface area contributed by atoms with Crippen molar-refractivity contribution in [3.8, 4) is 0 Å². The molecule has 0 aromatic heterocycles. The Kier molecular flexibility index (Phi) is 5.16. The van der Waals surface area contributed by atoms with Crippen LogP contribution in [0.15, 0.2) is 12.1 Å². The van der Waals surface area contributed by atoms with Gasteiger partial charge in [0.05, 0.1) is 11.4 Å². The van der Waals surface area contributed by atoms with Gasteiger partial charge in [-0.3, -0.25) is 0 Å². The predicted octanol–water partition coefficient (Wildman–Crippen LogP) is 1.68. The molecule has 1 aromatic rings. The van der Waals surface area contributed by atoms with Crippen LogP contribution in [-0.2, 0) is 22.2 Å².